The molecule has 0 aromatic heterocycles. The lowest BCUT2D eigenvalue weighted by Gasteiger charge is -2.43. The second-order valence-corrected chi connectivity index (χ2v) is 7.21. The molecule has 0 saturated heterocycles. The molecule has 0 unspecified atom stereocenters. The third-order valence-electron chi connectivity index (χ3n) is 4.06. The zero-order chi connectivity index (χ0) is 17.4. The van der Waals surface area contributed by atoms with Gasteiger partial charge in [0.1, 0.15) is 5.60 Å². The Morgan fingerprint density at radius 1 is 1.35 bits per heavy atom. The van der Waals surface area contributed by atoms with Crippen molar-refractivity contribution in [1.29, 1.82) is 0 Å². The van der Waals surface area contributed by atoms with Crippen LogP contribution in [0.1, 0.15) is 44.7 Å². The minimum atomic E-state index is -0.961. The van der Waals surface area contributed by atoms with Gasteiger partial charge < -0.3 is 15.6 Å². The maximum absolute atomic E-state index is 11.9. The monoisotopic (exact) mass is 320 g/mol. The molecule has 4 N–H and O–H groups in total. The summed E-state index contributed by atoms with van der Waals surface area (Å²) in [6, 6.07) is 5.19. The third kappa shape index (κ3) is 3.64. The molecule has 1 amide bonds. The fourth-order valence-electron chi connectivity index (χ4n) is 2.84. The minimum Gasteiger partial charge on any atom is -0.481 e. The quantitative estimate of drug-likeness (QED) is 0.795. The van der Waals surface area contributed by atoms with Crippen molar-refractivity contribution in [1.82, 2.24) is 0 Å². The molecule has 6 nitrogen and oxygen atoms in total. The van der Waals surface area contributed by atoms with E-state index >= 15 is 0 Å². The van der Waals surface area contributed by atoms with Crippen molar-refractivity contribution in [3.63, 3.8) is 0 Å². The normalized spacial score (nSPS) is 23.8. The SMILES string of the molecule is Cc1ccc(C2(C(=O)O)CC(N)C2)cc1NC(=O)OC(C)(C)C. The van der Waals surface area contributed by atoms with Crippen LogP contribution in [-0.4, -0.2) is 28.8 Å². The van der Waals surface area contributed by atoms with Gasteiger partial charge in [-0.3, -0.25) is 10.1 Å². The molecule has 23 heavy (non-hydrogen) atoms. The molecule has 2 rings (SSSR count). The van der Waals surface area contributed by atoms with Gasteiger partial charge in [-0.25, -0.2) is 4.79 Å². The molecule has 0 bridgehead atoms. The summed E-state index contributed by atoms with van der Waals surface area (Å²) in [7, 11) is 0. The second-order valence-electron chi connectivity index (χ2n) is 7.21. The molecule has 1 aromatic carbocycles. The van der Waals surface area contributed by atoms with Gasteiger partial charge in [-0.2, -0.15) is 0 Å². The minimum absolute atomic E-state index is 0.102. The lowest BCUT2D eigenvalue weighted by molar-refractivity contribution is -0.148. The van der Waals surface area contributed by atoms with Crippen LogP contribution in [-0.2, 0) is 14.9 Å². The van der Waals surface area contributed by atoms with Gasteiger partial charge >= 0.3 is 12.1 Å². The zero-order valence-corrected chi connectivity index (χ0v) is 14.0. The molecule has 1 aliphatic carbocycles. The summed E-state index contributed by atoms with van der Waals surface area (Å²) in [6.07, 6.45) is 0.238. The Kier molecular flexibility index (Phi) is 4.39. The number of carbonyl (C=O) groups is 2. The molecule has 1 aromatic rings. The van der Waals surface area contributed by atoms with Crippen LogP contribution in [0.15, 0.2) is 18.2 Å². The summed E-state index contributed by atoms with van der Waals surface area (Å²) in [6.45, 7) is 7.19. The van der Waals surface area contributed by atoms with E-state index in [-0.39, 0.29) is 6.04 Å². The summed E-state index contributed by atoms with van der Waals surface area (Å²) in [5.41, 5.74) is 6.28. The molecule has 0 aliphatic heterocycles. The Balaban J connectivity index is 2.26. The molecule has 0 radical (unpaired) electrons. The fourth-order valence-corrected chi connectivity index (χ4v) is 2.84. The average molecular weight is 320 g/mol. The van der Waals surface area contributed by atoms with E-state index in [0.717, 1.165) is 5.56 Å². The Morgan fingerprint density at radius 3 is 2.43 bits per heavy atom. The lowest BCUT2D eigenvalue weighted by atomic mass is 9.61. The van der Waals surface area contributed by atoms with Gasteiger partial charge in [0.15, 0.2) is 0 Å². The van der Waals surface area contributed by atoms with Crippen LogP contribution in [0.5, 0.6) is 0 Å². The molecule has 1 fully saturated rings. The maximum Gasteiger partial charge on any atom is 0.412 e. The number of hydrogen-bond donors (Lipinski definition) is 3. The fraction of sp³-hybridized carbons (Fsp3) is 0.529. The van der Waals surface area contributed by atoms with E-state index in [2.05, 4.69) is 5.32 Å². The smallest absolute Gasteiger partial charge is 0.412 e. The van der Waals surface area contributed by atoms with E-state index in [9.17, 15) is 14.7 Å². The third-order valence-corrected chi connectivity index (χ3v) is 4.06. The number of amides is 1. The number of nitrogens with one attached hydrogen (secondary N) is 1. The summed E-state index contributed by atoms with van der Waals surface area (Å²) in [5.74, 6) is -0.883. The van der Waals surface area contributed by atoms with E-state index in [1.54, 1.807) is 39.0 Å². The van der Waals surface area contributed by atoms with Gasteiger partial charge in [-0.1, -0.05) is 12.1 Å². The van der Waals surface area contributed by atoms with E-state index < -0.39 is 23.1 Å². The van der Waals surface area contributed by atoms with Crippen molar-refractivity contribution in [2.75, 3.05) is 5.32 Å². The maximum atomic E-state index is 11.9. The molecule has 1 aliphatic rings. The number of hydrogen-bond acceptors (Lipinski definition) is 4. The highest BCUT2D eigenvalue weighted by Gasteiger charge is 2.50. The number of carboxylic acids is 1. The number of rotatable bonds is 3. The molecule has 126 valence electrons. The number of benzene rings is 1. The van der Waals surface area contributed by atoms with E-state index in [1.165, 1.54) is 0 Å². The van der Waals surface area contributed by atoms with Crippen LogP contribution in [0.3, 0.4) is 0 Å². The van der Waals surface area contributed by atoms with E-state index in [4.69, 9.17) is 10.5 Å². The van der Waals surface area contributed by atoms with Crippen molar-refractivity contribution in [3.05, 3.63) is 29.3 Å². The summed E-state index contributed by atoms with van der Waals surface area (Å²) in [4.78, 5) is 23.6. The summed E-state index contributed by atoms with van der Waals surface area (Å²) < 4.78 is 5.24. The van der Waals surface area contributed by atoms with Crippen LogP contribution in [0.25, 0.3) is 0 Å². The van der Waals surface area contributed by atoms with Crippen molar-refractivity contribution >= 4 is 17.7 Å². The highest BCUT2D eigenvalue weighted by Crippen LogP contribution is 2.44. The van der Waals surface area contributed by atoms with Crippen LogP contribution in [0.4, 0.5) is 10.5 Å². The molecule has 6 heteroatoms. The first-order valence-electron chi connectivity index (χ1n) is 7.64. The van der Waals surface area contributed by atoms with Crippen LogP contribution in [0.2, 0.25) is 0 Å². The molecule has 0 heterocycles. The van der Waals surface area contributed by atoms with Crippen molar-refractivity contribution in [3.8, 4) is 0 Å². The van der Waals surface area contributed by atoms with Crippen LogP contribution in [0, 0.1) is 6.92 Å². The molecular formula is C17H24N2O4. The number of ether oxygens (including phenoxy) is 1. The Labute approximate surface area is 136 Å². The first-order valence-corrected chi connectivity index (χ1v) is 7.64. The number of carbonyl (C=O) groups excluding carboxylic acids is 1. The number of aryl methyl sites for hydroxylation is 1. The summed E-state index contributed by atoms with van der Waals surface area (Å²) >= 11 is 0. The molecular weight excluding hydrogens is 296 g/mol. The topological polar surface area (TPSA) is 102 Å². The Hall–Kier alpha value is -2.08. The Bertz CT molecular complexity index is 628. The number of carboxylic acid groups (broad SMARTS) is 1. The van der Waals surface area contributed by atoms with E-state index in [0.29, 0.717) is 24.1 Å². The highest BCUT2D eigenvalue weighted by atomic mass is 16.6. The zero-order valence-electron chi connectivity index (χ0n) is 14.0. The average Bonchev–Trinajstić information content (AvgIpc) is 2.35. The predicted molar refractivity (Wildman–Crippen MR) is 87.6 cm³/mol. The van der Waals surface area contributed by atoms with Crippen molar-refractivity contribution in [2.45, 2.75) is 57.6 Å². The standard InChI is InChI=1S/C17H24N2O4/c1-10-5-6-11(17(14(20)21)8-12(18)9-17)7-13(10)19-15(22)23-16(2,3)4/h5-7,12H,8-9,18H2,1-4H3,(H,19,22)(H,20,21). The first kappa shape index (κ1) is 17.3. The van der Waals surface area contributed by atoms with Gasteiger partial charge in [0.25, 0.3) is 0 Å². The molecule has 0 spiro atoms. The largest absolute Gasteiger partial charge is 0.481 e. The van der Waals surface area contributed by atoms with Crippen molar-refractivity contribution in [2.24, 2.45) is 5.73 Å². The number of anilines is 1. The van der Waals surface area contributed by atoms with Gasteiger partial charge in [0.2, 0.25) is 0 Å². The second kappa shape index (κ2) is 5.85. The van der Waals surface area contributed by atoms with Crippen LogP contribution < -0.4 is 11.1 Å². The molecule has 1 saturated carbocycles. The van der Waals surface area contributed by atoms with E-state index in [1.807, 2.05) is 6.92 Å². The predicted octanol–water partition coefficient (Wildman–Crippen LogP) is 2.79. The van der Waals surface area contributed by atoms with Gasteiger partial charge in [0, 0.05) is 11.7 Å². The lowest BCUT2D eigenvalue weighted by Crippen LogP contribution is -2.54. The Morgan fingerprint density at radius 2 is 1.96 bits per heavy atom. The number of nitrogens with two attached hydrogens (primary N) is 1. The number of aliphatic carboxylic acids is 1. The van der Waals surface area contributed by atoms with Gasteiger partial charge in [-0.05, 0) is 57.7 Å². The summed E-state index contributed by atoms with van der Waals surface area (Å²) in [5, 5.41) is 12.3. The van der Waals surface area contributed by atoms with Crippen molar-refractivity contribution < 1.29 is 19.4 Å². The van der Waals surface area contributed by atoms with Gasteiger partial charge in [0.05, 0.1) is 5.41 Å². The molecule has 0 atom stereocenters. The first-order chi connectivity index (χ1) is 10.5. The van der Waals surface area contributed by atoms with Gasteiger partial charge in [-0.15, -0.1) is 0 Å². The highest BCUT2D eigenvalue weighted by molar-refractivity contribution is 5.88. The van der Waals surface area contributed by atoms with Crippen LogP contribution >= 0.6 is 0 Å².